The van der Waals surface area contributed by atoms with Gasteiger partial charge in [-0.15, -0.1) is 0 Å². The average molecular weight is 1170 g/mol. The molecule has 2 saturated heterocycles. The van der Waals surface area contributed by atoms with Crippen LogP contribution in [0.5, 0.6) is 0 Å². The zero-order valence-electron chi connectivity index (χ0n) is 47.1. The smallest absolute Gasteiger partial charge is 0.315 e. The van der Waals surface area contributed by atoms with Crippen molar-refractivity contribution in [2.75, 3.05) is 72.9 Å². The van der Waals surface area contributed by atoms with E-state index in [4.69, 9.17) is 29.9 Å². The van der Waals surface area contributed by atoms with Crippen LogP contribution in [0.25, 0.3) is 11.2 Å². The van der Waals surface area contributed by atoms with Gasteiger partial charge in [0.2, 0.25) is 23.7 Å². The number of benzene rings is 4. The van der Waals surface area contributed by atoms with Gasteiger partial charge < -0.3 is 76.9 Å². The van der Waals surface area contributed by atoms with Crippen LogP contribution in [-0.2, 0) is 9.59 Å². The second kappa shape index (κ2) is 25.5. The summed E-state index contributed by atoms with van der Waals surface area (Å²) in [6.45, 7) is 1.16. The molecule has 86 heavy (non-hydrogen) atoms. The van der Waals surface area contributed by atoms with Gasteiger partial charge in [-0.25, -0.2) is 14.8 Å². The van der Waals surface area contributed by atoms with Crippen molar-refractivity contribution in [2.24, 2.45) is 10.9 Å². The molecule has 4 amide bonds. The van der Waals surface area contributed by atoms with Gasteiger partial charge in [0.15, 0.2) is 22.8 Å². The van der Waals surface area contributed by atoms with E-state index in [1.807, 2.05) is 82.6 Å². The number of carbonyl (C=O) groups is 3. The first-order chi connectivity index (χ1) is 41.9. The molecule has 24 nitrogen and oxygen atoms in total. The van der Waals surface area contributed by atoms with Gasteiger partial charge in [0.05, 0.1) is 36.3 Å². The molecule has 0 bridgehead atoms. The maximum absolute atomic E-state index is 14.0. The van der Waals surface area contributed by atoms with Crippen LogP contribution >= 0.6 is 0 Å². The first kappa shape index (κ1) is 57.8. The Balaban J connectivity index is 0.758. The highest BCUT2D eigenvalue weighted by molar-refractivity contribution is 5.86. The molecule has 0 radical (unpaired) electrons. The van der Waals surface area contributed by atoms with Crippen LogP contribution in [0.15, 0.2) is 133 Å². The summed E-state index contributed by atoms with van der Waals surface area (Å²) >= 11 is 0. The molecule has 4 fully saturated rings. The number of hydrogen-bond acceptors (Lipinski definition) is 19. The van der Waals surface area contributed by atoms with Gasteiger partial charge in [0.1, 0.15) is 37.2 Å². The molecular formula is C62H71N15O9. The Morgan fingerprint density at radius 1 is 0.558 bits per heavy atom. The summed E-state index contributed by atoms with van der Waals surface area (Å²) in [6, 6.07) is 37.4. The number of aliphatic hydroxyl groups excluding tert-OH is 6. The van der Waals surface area contributed by atoms with Crippen molar-refractivity contribution >= 4 is 64.4 Å². The van der Waals surface area contributed by atoms with Gasteiger partial charge in [0, 0.05) is 81.2 Å². The standard InChI is InChI=1S/C62H71N15O9/c78-32-48(80)69-45-25-41(53(82)54(45)83)44-29-63-51-50(44)71-60(72-57(51)64-27-42(35-13-5-1-6-14-35)36-15-7-2-8-16-36)75-23-21-39(30-75)67-62(86)68-40-22-24-76(31-40)61-73-58(65-28-43(37-17-9-3-10-18-37)38-19-11-4-12-20-38)52-59(74-61)77(34-66-52)47-26-46(55(84)56(47)85)70-49(81)33-79/h1-20,29,34,39-47,53-56,78-79,82-85H,21-28,30-33H2,(H,69,80)(H,70,81)(H,64,71,72)(H,65,73,74)(H2,67,68,86)/t39-,40-,41+,44?,45+,46+,47-,53+,54-,55-,56+/m1/s1. The fraction of sp³-hybridized carbons (Fsp3) is 0.403. The van der Waals surface area contributed by atoms with E-state index in [9.17, 15) is 45.0 Å². The van der Waals surface area contributed by atoms with Crippen LogP contribution in [0.2, 0.25) is 0 Å². The van der Waals surface area contributed by atoms with Crippen LogP contribution in [0.3, 0.4) is 0 Å². The topological polar surface area (TPSA) is 333 Å². The Morgan fingerprint density at radius 3 is 1.56 bits per heavy atom. The van der Waals surface area contributed by atoms with Crippen molar-refractivity contribution in [3.8, 4) is 0 Å². The van der Waals surface area contributed by atoms with E-state index < -0.39 is 79.4 Å². The quantitative estimate of drug-likeness (QED) is 0.0521. The van der Waals surface area contributed by atoms with Crippen LogP contribution < -0.4 is 41.7 Å². The van der Waals surface area contributed by atoms with Crippen molar-refractivity contribution in [3.05, 3.63) is 156 Å². The molecule has 448 valence electrons. The summed E-state index contributed by atoms with van der Waals surface area (Å²) in [6.07, 6.45) is -0.317. The highest BCUT2D eigenvalue weighted by atomic mass is 16.3. The first-order valence-corrected chi connectivity index (χ1v) is 29.4. The Labute approximate surface area is 495 Å². The number of aliphatic hydroxyl groups is 6. The molecule has 12 rings (SSSR count). The largest absolute Gasteiger partial charge is 0.390 e. The summed E-state index contributed by atoms with van der Waals surface area (Å²) < 4.78 is 1.70. The minimum Gasteiger partial charge on any atom is -0.390 e. The van der Waals surface area contributed by atoms with E-state index in [1.165, 1.54) is 0 Å². The van der Waals surface area contributed by atoms with Crippen molar-refractivity contribution < 1.29 is 45.0 Å². The zero-order valence-corrected chi connectivity index (χ0v) is 47.1. The molecule has 4 aromatic carbocycles. The molecule has 3 aromatic heterocycles. The zero-order chi connectivity index (χ0) is 59.4. The van der Waals surface area contributed by atoms with Gasteiger partial charge in [0.25, 0.3) is 0 Å². The number of nitrogens with zero attached hydrogens (tertiary/aromatic N) is 9. The number of fused-ring (bicyclic) bond motifs is 2. The summed E-state index contributed by atoms with van der Waals surface area (Å²) in [7, 11) is 0. The molecule has 11 atom stereocenters. The molecule has 6 heterocycles. The molecule has 7 aromatic rings. The van der Waals surface area contributed by atoms with Gasteiger partial charge >= 0.3 is 6.03 Å². The normalized spacial score (nSPS) is 25.0. The van der Waals surface area contributed by atoms with Gasteiger partial charge in [-0.1, -0.05) is 121 Å². The second-order valence-electron chi connectivity index (χ2n) is 22.9. The third-order valence-electron chi connectivity index (χ3n) is 17.5. The second-order valence-corrected chi connectivity index (χ2v) is 22.9. The van der Waals surface area contributed by atoms with Gasteiger partial charge in [-0.05, 0) is 47.9 Å². The number of carbonyl (C=O) groups excluding carboxylic acids is 3. The third kappa shape index (κ3) is 12.1. The predicted octanol–water partition coefficient (Wildman–Crippen LogP) is 2.42. The lowest BCUT2D eigenvalue weighted by atomic mass is 9.87. The highest BCUT2D eigenvalue weighted by Gasteiger charge is 2.48. The van der Waals surface area contributed by atoms with E-state index in [2.05, 4.69) is 80.4 Å². The lowest BCUT2D eigenvalue weighted by Crippen LogP contribution is -2.48. The summed E-state index contributed by atoms with van der Waals surface area (Å²) in [5.74, 6) is -0.851. The SMILES string of the molecule is O=C(CO)N[C@H]1C[C@@H](n2cnc3c(NCC(c4ccccc4)c4ccccc4)nc(N4CC[C@@H](NC(=O)N[C@@H]5CCN(c6nc(NCC(c7ccccc7)c7ccccc7)c7c(n6)C([C@@H]6C[C@H](NC(=O)CO)[C@@H](O)[C@H]6O)C=N7)C5)C4)nc32)[C@H](O)[C@@H]1O. The molecule has 2 aliphatic carbocycles. The molecule has 2 saturated carbocycles. The lowest BCUT2D eigenvalue weighted by Gasteiger charge is -2.24. The number of rotatable bonds is 20. The fourth-order valence-corrected chi connectivity index (χ4v) is 13.1. The van der Waals surface area contributed by atoms with Crippen LogP contribution in [0.4, 0.5) is 34.0 Å². The predicted molar refractivity (Wildman–Crippen MR) is 321 cm³/mol. The first-order valence-electron chi connectivity index (χ1n) is 29.4. The summed E-state index contributed by atoms with van der Waals surface area (Å²) in [5, 5.41) is 82.6. The van der Waals surface area contributed by atoms with Crippen LogP contribution in [0.1, 0.15) is 77.4 Å². The third-order valence-corrected chi connectivity index (χ3v) is 17.5. The number of hydrogen-bond donors (Lipinski definition) is 12. The number of aliphatic imine (C=N–C) groups is 1. The Kier molecular flexibility index (Phi) is 17.1. The number of amides is 4. The number of aromatic nitrogens is 6. The van der Waals surface area contributed by atoms with Crippen LogP contribution in [-0.4, -0.2) is 185 Å². The van der Waals surface area contributed by atoms with Crippen molar-refractivity contribution in [1.82, 2.24) is 50.8 Å². The summed E-state index contributed by atoms with van der Waals surface area (Å²) in [5.41, 5.74) is 6.31. The molecule has 24 heteroatoms. The minimum atomic E-state index is -1.32. The Hall–Kier alpha value is -8.65. The van der Waals surface area contributed by atoms with E-state index in [0.29, 0.717) is 98.2 Å². The highest BCUT2D eigenvalue weighted by Crippen LogP contribution is 2.46. The molecule has 12 N–H and O–H groups in total. The number of urea groups is 1. The van der Waals surface area contributed by atoms with E-state index >= 15 is 0 Å². The van der Waals surface area contributed by atoms with Gasteiger partial charge in [-0.3, -0.25) is 14.6 Å². The number of imidazole rings is 1. The number of anilines is 4. The van der Waals surface area contributed by atoms with Crippen LogP contribution in [0, 0.1) is 5.92 Å². The van der Waals surface area contributed by atoms with E-state index in [0.717, 1.165) is 22.3 Å². The molecule has 0 spiro atoms. The average Bonchev–Trinajstić information content (AvgIpc) is 3.30. The molecule has 5 aliphatic rings. The maximum atomic E-state index is 14.0. The monoisotopic (exact) mass is 1170 g/mol. The van der Waals surface area contributed by atoms with Crippen molar-refractivity contribution in [2.45, 2.75) is 98.1 Å². The maximum Gasteiger partial charge on any atom is 0.315 e. The number of nitrogens with one attached hydrogen (secondary N) is 6. The van der Waals surface area contributed by atoms with Crippen molar-refractivity contribution in [3.63, 3.8) is 0 Å². The Morgan fingerprint density at radius 2 is 1.03 bits per heavy atom. The Bertz CT molecular complexity index is 3460. The minimum absolute atomic E-state index is 0.0581. The van der Waals surface area contributed by atoms with Crippen molar-refractivity contribution in [1.29, 1.82) is 0 Å². The lowest BCUT2D eigenvalue weighted by molar-refractivity contribution is -0.126. The molecule has 1 unspecified atom stereocenters. The summed E-state index contributed by atoms with van der Waals surface area (Å²) in [4.78, 5) is 72.3. The van der Waals surface area contributed by atoms with Gasteiger partial charge in [-0.2, -0.15) is 15.0 Å². The molecule has 3 aliphatic heterocycles. The fourth-order valence-electron chi connectivity index (χ4n) is 13.1. The van der Waals surface area contributed by atoms with E-state index in [-0.39, 0.29) is 42.8 Å². The van der Waals surface area contributed by atoms with E-state index in [1.54, 1.807) is 17.1 Å². The molecular weight excluding hydrogens is 1100 g/mol.